The molecule has 6 rings (SSSR count). The molecule has 3 aromatic carbocycles. The Bertz CT molecular complexity index is 1500. The summed E-state index contributed by atoms with van der Waals surface area (Å²) in [5, 5.41) is 2.83. The van der Waals surface area contributed by atoms with Gasteiger partial charge in [-0.15, -0.1) is 0 Å². The lowest BCUT2D eigenvalue weighted by Gasteiger charge is -2.22. The fraction of sp³-hybridized carbons (Fsp3) is 0.179. The highest BCUT2D eigenvalue weighted by atomic mass is 79.9. The summed E-state index contributed by atoms with van der Waals surface area (Å²) in [5.74, 6) is 0.229. The summed E-state index contributed by atoms with van der Waals surface area (Å²) >= 11 is 3.43. The van der Waals surface area contributed by atoms with Crippen molar-refractivity contribution >= 4 is 33.4 Å². The minimum absolute atomic E-state index is 0.0180. The van der Waals surface area contributed by atoms with Gasteiger partial charge in [0.15, 0.2) is 12.0 Å². The van der Waals surface area contributed by atoms with Crippen LogP contribution in [0, 0.1) is 5.82 Å². The van der Waals surface area contributed by atoms with E-state index < -0.39 is 6.23 Å². The first-order chi connectivity index (χ1) is 17.9. The zero-order valence-electron chi connectivity index (χ0n) is 19.5. The van der Waals surface area contributed by atoms with Crippen molar-refractivity contribution in [2.45, 2.75) is 19.1 Å². The van der Waals surface area contributed by atoms with E-state index in [1.54, 1.807) is 17.0 Å². The van der Waals surface area contributed by atoms with E-state index in [2.05, 4.69) is 21.2 Å². The SMILES string of the molecule is O=C1Cc2cc(CCN3C(=O)CO[C@H]3c3oc(-c4ccc(Br)cc4)nc3-c3ccc(F)cc3)ccc2N1. The molecule has 0 aliphatic carbocycles. The highest BCUT2D eigenvalue weighted by Gasteiger charge is 2.38. The van der Waals surface area contributed by atoms with Gasteiger partial charge >= 0.3 is 0 Å². The number of halogens is 2. The van der Waals surface area contributed by atoms with Gasteiger partial charge in [-0.3, -0.25) is 9.59 Å². The number of benzene rings is 3. The van der Waals surface area contributed by atoms with Crippen LogP contribution in [0.3, 0.4) is 0 Å². The van der Waals surface area contributed by atoms with E-state index in [9.17, 15) is 14.0 Å². The Morgan fingerprint density at radius 3 is 2.57 bits per heavy atom. The number of amides is 2. The topological polar surface area (TPSA) is 84.7 Å². The molecule has 9 heteroatoms. The van der Waals surface area contributed by atoms with Crippen LogP contribution in [-0.4, -0.2) is 34.8 Å². The number of fused-ring (bicyclic) bond motifs is 1. The predicted molar refractivity (Wildman–Crippen MR) is 138 cm³/mol. The molecule has 0 radical (unpaired) electrons. The monoisotopic (exact) mass is 561 g/mol. The maximum absolute atomic E-state index is 13.6. The standard InChI is InChI=1S/C28H21BrFN3O4/c29-20-6-2-18(3-7-20)27-32-25(17-4-8-21(30)9-5-17)26(37-27)28-33(24(35)15-36-28)12-11-16-1-10-22-19(13-16)14-23(34)31-22/h1-10,13,28H,11-12,14-15H2,(H,31,34)/t28-/m0/s1. The third kappa shape index (κ3) is 4.68. The van der Waals surface area contributed by atoms with Gasteiger partial charge in [0.2, 0.25) is 11.8 Å². The van der Waals surface area contributed by atoms with Crippen LogP contribution in [0.25, 0.3) is 22.7 Å². The fourth-order valence-corrected chi connectivity index (χ4v) is 4.89. The second-order valence-corrected chi connectivity index (χ2v) is 9.88. The number of hydrogen-bond acceptors (Lipinski definition) is 5. The number of aromatic nitrogens is 1. The van der Waals surface area contributed by atoms with Crippen LogP contribution in [0.2, 0.25) is 0 Å². The molecular weight excluding hydrogens is 541 g/mol. The van der Waals surface area contributed by atoms with Crippen LogP contribution in [0.1, 0.15) is 23.1 Å². The first kappa shape index (κ1) is 23.6. The summed E-state index contributed by atoms with van der Waals surface area (Å²) in [6.45, 7) is 0.311. The van der Waals surface area contributed by atoms with Gasteiger partial charge in [0.1, 0.15) is 18.1 Å². The smallest absolute Gasteiger partial charge is 0.251 e. The average Bonchev–Trinajstić information content (AvgIpc) is 3.59. The second kappa shape index (κ2) is 9.57. The maximum Gasteiger partial charge on any atom is 0.251 e. The number of ether oxygens (including phenoxy) is 1. The van der Waals surface area contributed by atoms with Crippen molar-refractivity contribution in [3.63, 3.8) is 0 Å². The summed E-state index contributed by atoms with van der Waals surface area (Å²) in [7, 11) is 0. The van der Waals surface area contributed by atoms with E-state index in [1.807, 2.05) is 42.5 Å². The number of carbonyl (C=O) groups is 2. The van der Waals surface area contributed by atoms with Gasteiger partial charge in [-0.1, -0.05) is 28.1 Å². The first-order valence-electron chi connectivity index (χ1n) is 11.8. The van der Waals surface area contributed by atoms with Crippen LogP contribution in [0.15, 0.2) is 75.6 Å². The molecule has 1 atom stereocenters. The summed E-state index contributed by atoms with van der Waals surface area (Å²) in [4.78, 5) is 30.9. The predicted octanol–water partition coefficient (Wildman–Crippen LogP) is 5.50. The molecule has 0 bridgehead atoms. The third-order valence-corrected chi connectivity index (χ3v) is 7.02. The number of nitrogens with one attached hydrogen (secondary N) is 1. The Balaban J connectivity index is 1.32. The zero-order chi connectivity index (χ0) is 25.5. The van der Waals surface area contributed by atoms with Crippen molar-refractivity contribution in [2.24, 2.45) is 0 Å². The van der Waals surface area contributed by atoms with E-state index in [1.165, 1.54) is 12.1 Å². The number of rotatable bonds is 6. The van der Waals surface area contributed by atoms with Gasteiger partial charge in [0.05, 0.1) is 6.42 Å². The van der Waals surface area contributed by atoms with Crippen molar-refractivity contribution in [3.8, 4) is 22.7 Å². The molecule has 2 amide bonds. The second-order valence-electron chi connectivity index (χ2n) is 8.96. The zero-order valence-corrected chi connectivity index (χ0v) is 21.1. The van der Waals surface area contributed by atoms with Crippen LogP contribution >= 0.6 is 15.9 Å². The van der Waals surface area contributed by atoms with Gasteiger partial charge in [-0.25, -0.2) is 9.37 Å². The van der Waals surface area contributed by atoms with Crippen molar-refractivity contribution in [1.82, 2.24) is 9.88 Å². The molecule has 0 unspecified atom stereocenters. The number of carbonyl (C=O) groups excluding carboxylic acids is 2. The normalized spacial score (nSPS) is 16.8. The van der Waals surface area contributed by atoms with Crippen LogP contribution in [0.4, 0.5) is 10.1 Å². The molecule has 1 aromatic heterocycles. The van der Waals surface area contributed by atoms with Crippen LogP contribution in [0.5, 0.6) is 0 Å². The average molecular weight is 562 g/mol. The summed E-state index contributed by atoms with van der Waals surface area (Å²) < 4.78 is 26.7. The van der Waals surface area contributed by atoms with Gasteiger partial charge in [-0.2, -0.15) is 0 Å². The number of hydrogen-bond donors (Lipinski definition) is 1. The van der Waals surface area contributed by atoms with Crippen LogP contribution in [-0.2, 0) is 27.2 Å². The first-order valence-corrected chi connectivity index (χ1v) is 12.6. The van der Waals surface area contributed by atoms with Gasteiger partial charge in [-0.05, 0) is 72.1 Å². The molecule has 3 heterocycles. The maximum atomic E-state index is 13.6. The molecule has 37 heavy (non-hydrogen) atoms. The van der Waals surface area contributed by atoms with E-state index in [-0.39, 0.29) is 24.2 Å². The highest BCUT2D eigenvalue weighted by molar-refractivity contribution is 9.10. The number of anilines is 1. The lowest BCUT2D eigenvalue weighted by molar-refractivity contribution is -0.128. The number of oxazole rings is 1. The Hall–Kier alpha value is -3.82. The Morgan fingerprint density at radius 1 is 1.03 bits per heavy atom. The molecule has 1 fully saturated rings. The summed E-state index contributed by atoms with van der Waals surface area (Å²) in [5.41, 5.74) is 4.71. The van der Waals surface area contributed by atoms with Crippen molar-refractivity contribution in [2.75, 3.05) is 18.5 Å². The molecule has 1 N–H and O–H groups in total. The van der Waals surface area contributed by atoms with Gasteiger partial charge in [0.25, 0.3) is 5.91 Å². The Kier molecular flexibility index (Phi) is 6.10. The molecule has 2 aliphatic heterocycles. The van der Waals surface area contributed by atoms with E-state index in [4.69, 9.17) is 14.1 Å². The highest BCUT2D eigenvalue weighted by Crippen LogP contribution is 2.38. The minimum atomic E-state index is -0.776. The molecule has 1 saturated heterocycles. The van der Waals surface area contributed by atoms with Crippen molar-refractivity contribution in [3.05, 3.63) is 93.9 Å². The molecule has 7 nitrogen and oxygen atoms in total. The molecule has 2 aliphatic rings. The lowest BCUT2D eigenvalue weighted by atomic mass is 10.1. The quantitative estimate of drug-likeness (QED) is 0.336. The van der Waals surface area contributed by atoms with E-state index in [0.717, 1.165) is 26.9 Å². The molecule has 0 spiro atoms. The molecule has 0 saturated carbocycles. The Labute approximate surface area is 220 Å². The molecule has 4 aromatic rings. The number of nitrogens with zero attached hydrogens (tertiary/aromatic N) is 2. The molecular formula is C28H21BrFN3O4. The summed E-state index contributed by atoms with van der Waals surface area (Å²) in [6, 6.07) is 19.3. The Morgan fingerprint density at radius 2 is 1.78 bits per heavy atom. The van der Waals surface area contributed by atoms with E-state index in [0.29, 0.717) is 42.3 Å². The van der Waals surface area contributed by atoms with Crippen LogP contribution < -0.4 is 5.32 Å². The molecule has 186 valence electrons. The fourth-order valence-electron chi connectivity index (χ4n) is 4.63. The van der Waals surface area contributed by atoms with Gasteiger partial charge in [0, 0.05) is 27.8 Å². The third-order valence-electron chi connectivity index (χ3n) is 6.49. The largest absolute Gasteiger partial charge is 0.436 e. The van der Waals surface area contributed by atoms with E-state index >= 15 is 0 Å². The van der Waals surface area contributed by atoms with Crippen molar-refractivity contribution < 1.29 is 23.1 Å². The lowest BCUT2D eigenvalue weighted by Crippen LogP contribution is -2.30. The minimum Gasteiger partial charge on any atom is -0.436 e. The van der Waals surface area contributed by atoms with Gasteiger partial charge < -0.3 is 19.4 Å². The van der Waals surface area contributed by atoms with Crippen molar-refractivity contribution in [1.29, 1.82) is 0 Å². The summed E-state index contributed by atoms with van der Waals surface area (Å²) in [6.07, 6.45) is 0.157.